The molecule has 20 heavy (non-hydrogen) atoms. The Morgan fingerprint density at radius 2 is 1.80 bits per heavy atom. The van der Waals surface area contributed by atoms with Crippen molar-refractivity contribution >= 4 is 11.7 Å². The predicted molar refractivity (Wildman–Crippen MR) is 79.6 cm³/mol. The van der Waals surface area contributed by atoms with Crippen LogP contribution in [0.1, 0.15) is 32.7 Å². The number of hydrogen-bond donors (Lipinski definition) is 1. The Bertz CT molecular complexity index is 633. The van der Waals surface area contributed by atoms with Gasteiger partial charge in [0, 0.05) is 13.2 Å². The van der Waals surface area contributed by atoms with Gasteiger partial charge in [-0.25, -0.2) is 4.79 Å². The molecule has 0 aliphatic heterocycles. The van der Waals surface area contributed by atoms with E-state index in [1.807, 2.05) is 13.8 Å². The molecule has 4 heteroatoms. The van der Waals surface area contributed by atoms with E-state index in [9.17, 15) is 4.79 Å². The summed E-state index contributed by atoms with van der Waals surface area (Å²) >= 11 is 0. The molecule has 0 bridgehead atoms. The Morgan fingerprint density at radius 1 is 1.20 bits per heavy atom. The molecular weight excluding hydrogens is 252 g/mol. The molecule has 0 saturated carbocycles. The molecular formula is C16H20N2O2. The first-order valence-corrected chi connectivity index (χ1v) is 6.54. The van der Waals surface area contributed by atoms with Crippen LogP contribution in [0.25, 0.3) is 0 Å². The fourth-order valence-corrected chi connectivity index (χ4v) is 2.44. The number of hydrogen-bond acceptors (Lipinski definition) is 3. The van der Waals surface area contributed by atoms with Crippen LogP contribution in [0.3, 0.4) is 0 Å². The minimum atomic E-state index is -0.358. The number of aromatic nitrogens is 1. The third-order valence-electron chi connectivity index (χ3n) is 3.42. The lowest BCUT2D eigenvalue weighted by atomic mass is 10.0. The third kappa shape index (κ3) is 2.85. The number of nitrogens with zero attached hydrogens (tertiary/aromatic N) is 1. The summed E-state index contributed by atoms with van der Waals surface area (Å²) in [5.41, 5.74) is 11.2. The molecule has 0 unspecified atom stereocenters. The second-order valence-electron chi connectivity index (χ2n) is 5.22. The maximum atomic E-state index is 12.0. The van der Waals surface area contributed by atoms with Gasteiger partial charge < -0.3 is 15.0 Å². The molecule has 0 atom stereocenters. The average molecular weight is 272 g/mol. The van der Waals surface area contributed by atoms with Crippen molar-refractivity contribution in [1.29, 1.82) is 0 Å². The molecule has 0 aliphatic carbocycles. The van der Waals surface area contributed by atoms with Gasteiger partial charge in [-0.2, -0.15) is 0 Å². The zero-order valence-corrected chi connectivity index (χ0v) is 12.4. The van der Waals surface area contributed by atoms with Crippen LogP contribution in [0.5, 0.6) is 0 Å². The van der Waals surface area contributed by atoms with Crippen LogP contribution in [0.15, 0.2) is 24.4 Å². The lowest BCUT2D eigenvalue weighted by Gasteiger charge is -2.12. The Balaban J connectivity index is 2.13. The number of nitrogen functional groups attached to an aromatic ring is 1. The average Bonchev–Trinajstić information content (AvgIpc) is 2.66. The number of ether oxygens (including phenoxy) is 1. The van der Waals surface area contributed by atoms with Crippen molar-refractivity contribution in [3.8, 4) is 0 Å². The number of aryl methyl sites for hydroxylation is 4. The fourth-order valence-electron chi connectivity index (χ4n) is 2.44. The summed E-state index contributed by atoms with van der Waals surface area (Å²) in [7, 11) is 1.77. The molecule has 0 radical (unpaired) electrons. The summed E-state index contributed by atoms with van der Waals surface area (Å²) in [5.74, 6) is -0.358. The van der Waals surface area contributed by atoms with E-state index in [1.54, 1.807) is 23.9 Å². The molecule has 1 aromatic heterocycles. The number of carbonyl (C=O) groups excluding carboxylic acids is 1. The molecule has 2 aromatic rings. The van der Waals surface area contributed by atoms with Crippen molar-refractivity contribution in [1.82, 2.24) is 4.57 Å². The summed E-state index contributed by atoms with van der Waals surface area (Å²) in [6.45, 7) is 6.40. The molecule has 106 valence electrons. The highest BCUT2D eigenvalue weighted by atomic mass is 16.5. The van der Waals surface area contributed by atoms with E-state index in [2.05, 4.69) is 19.1 Å². The lowest BCUT2D eigenvalue weighted by molar-refractivity contribution is 0.0460. The molecule has 1 heterocycles. The normalized spacial score (nSPS) is 10.6. The highest BCUT2D eigenvalue weighted by molar-refractivity contribution is 5.89. The van der Waals surface area contributed by atoms with Crippen LogP contribution >= 0.6 is 0 Å². The number of anilines is 1. The Kier molecular flexibility index (Phi) is 3.84. The maximum absolute atomic E-state index is 12.0. The van der Waals surface area contributed by atoms with Crippen molar-refractivity contribution in [2.75, 3.05) is 5.73 Å². The highest BCUT2D eigenvalue weighted by Gasteiger charge is 2.14. The number of benzene rings is 1. The van der Waals surface area contributed by atoms with E-state index in [0.717, 1.165) is 16.7 Å². The lowest BCUT2D eigenvalue weighted by Crippen LogP contribution is -2.10. The molecule has 0 fully saturated rings. The molecule has 0 saturated heterocycles. The first kappa shape index (κ1) is 14.2. The standard InChI is InChI=1S/C16H20N2O2/c1-10-5-11(2)14(12(3)6-10)9-20-16(19)15-7-13(17)8-18(15)4/h5-8H,9,17H2,1-4H3. The first-order valence-electron chi connectivity index (χ1n) is 6.54. The van der Waals surface area contributed by atoms with Crippen LogP contribution in [-0.4, -0.2) is 10.5 Å². The third-order valence-corrected chi connectivity index (χ3v) is 3.42. The molecule has 0 amide bonds. The molecule has 2 rings (SSSR count). The fraction of sp³-hybridized carbons (Fsp3) is 0.312. The van der Waals surface area contributed by atoms with E-state index in [0.29, 0.717) is 11.4 Å². The van der Waals surface area contributed by atoms with E-state index in [4.69, 9.17) is 10.5 Å². The van der Waals surface area contributed by atoms with Crippen molar-refractivity contribution in [3.05, 3.63) is 52.3 Å². The van der Waals surface area contributed by atoms with Gasteiger partial charge in [-0.05, 0) is 43.5 Å². The molecule has 0 spiro atoms. The van der Waals surface area contributed by atoms with Crippen LogP contribution in [0, 0.1) is 20.8 Å². The second kappa shape index (κ2) is 5.41. The van der Waals surface area contributed by atoms with Gasteiger partial charge in [0.25, 0.3) is 0 Å². The van der Waals surface area contributed by atoms with Gasteiger partial charge in [0.05, 0.1) is 5.69 Å². The van der Waals surface area contributed by atoms with Crippen molar-refractivity contribution in [3.63, 3.8) is 0 Å². The van der Waals surface area contributed by atoms with Gasteiger partial charge >= 0.3 is 5.97 Å². The number of esters is 1. The van der Waals surface area contributed by atoms with Gasteiger partial charge in [-0.1, -0.05) is 17.7 Å². The first-order chi connectivity index (χ1) is 9.38. The van der Waals surface area contributed by atoms with E-state index >= 15 is 0 Å². The molecule has 1 aromatic carbocycles. The molecule has 0 aliphatic rings. The summed E-state index contributed by atoms with van der Waals surface area (Å²) in [4.78, 5) is 12.0. The summed E-state index contributed by atoms with van der Waals surface area (Å²) in [6, 6.07) is 5.81. The quantitative estimate of drug-likeness (QED) is 0.874. The summed E-state index contributed by atoms with van der Waals surface area (Å²) in [6.07, 6.45) is 1.69. The van der Waals surface area contributed by atoms with Gasteiger partial charge in [-0.15, -0.1) is 0 Å². The van der Waals surface area contributed by atoms with Crippen molar-refractivity contribution in [2.24, 2.45) is 7.05 Å². The van der Waals surface area contributed by atoms with Gasteiger partial charge in [0.2, 0.25) is 0 Å². The Morgan fingerprint density at radius 3 is 2.30 bits per heavy atom. The minimum absolute atomic E-state index is 0.280. The zero-order chi connectivity index (χ0) is 14.9. The van der Waals surface area contributed by atoms with E-state index < -0.39 is 0 Å². The number of carbonyl (C=O) groups is 1. The number of rotatable bonds is 3. The minimum Gasteiger partial charge on any atom is -0.456 e. The van der Waals surface area contributed by atoms with Gasteiger partial charge in [0.15, 0.2) is 0 Å². The monoisotopic (exact) mass is 272 g/mol. The second-order valence-corrected chi connectivity index (χ2v) is 5.22. The number of nitrogens with two attached hydrogens (primary N) is 1. The van der Waals surface area contributed by atoms with E-state index in [1.165, 1.54) is 5.56 Å². The van der Waals surface area contributed by atoms with Crippen molar-refractivity contribution in [2.45, 2.75) is 27.4 Å². The van der Waals surface area contributed by atoms with E-state index in [-0.39, 0.29) is 12.6 Å². The molecule has 2 N–H and O–H groups in total. The maximum Gasteiger partial charge on any atom is 0.355 e. The van der Waals surface area contributed by atoms with Crippen LogP contribution < -0.4 is 5.73 Å². The topological polar surface area (TPSA) is 57.2 Å². The van der Waals surface area contributed by atoms with Crippen LogP contribution in [0.2, 0.25) is 0 Å². The summed E-state index contributed by atoms with van der Waals surface area (Å²) < 4.78 is 7.07. The summed E-state index contributed by atoms with van der Waals surface area (Å²) in [5, 5.41) is 0. The van der Waals surface area contributed by atoms with Crippen LogP contribution in [-0.2, 0) is 18.4 Å². The van der Waals surface area contributed by atoms with Gasteiger partial charge in [0.1, 0.15) is 12.3 Å². The molecule has 4 nitrogen and oxygen atoms in total. The smallest absolute Gasteiger partial charge is 0.355 e. The Hall–Kier alpha value is -2.23. The highest BCUT2D eigenvalue weighted by Crippen LogP contribution is 2.18. The zero-order valence-electron chi connectivity index (χ0n) is 12.4. The van der Waals surface area contributed by atoms with Gasteiger partial charge in [-0.3, -0.25) is 0 Å². The Labute approximate surface area is 119 Å². The van der Waals surface area contributed by atoms with Crippen LogP contribution in [0.4, 0.5) is 5.69 Å². The van der Waals surface area contributed by atoms with Crippen molar-refractivity contribution < 1.29 is 9.53 Å². The largest absolute Gasteiger partial charge is 0.456 e. The predicted octanol–water partition coefficient (Wildman–Crippen LogP) is 2.89. The SMILES string of the molecule is Cc1cc(C)c(COC(=O)c2cc(N)cn2C)c(C)c1.